The van der Waals surface area contributed by atoms with Gasteiger partial charge in [0.15, 0.2) is 0 Å². The molecule has 0 fully saturated rings. The minimum absolute atomic E-state index is 0.0477. The van der Waals surface area contributed by atoms with E-state index in [1.165, 1.54) is 17.0 Å². The first-order valence-corrected chi connectivity index (χ1v) is 14.1. The summed E-state index contributed by atoms with van der Waals surface area (Å²) in [5.74, 6) is -0.847. The number of nitrogens with one attached hydrogen (secondary N) is 1. The van der Waals surface area contributed by atoms with Gasteiger partial charge in [0, 0.05) is 17.1 Å². The highest BCUT2D eigenvalue weighted by molar-refractivity contribution is 7.92. The number of halogens is 1. The molecule has 1 atom stereocenters. The van der Waals surface area contributed by atoms with Crippen molar-refractivity contribution in [1.82, 2.24) is 10.2 Å². The highest BCUT2D eigenvalue weighted by Crippen LogP contribution is 2.26. The molecule has 0 spiro atoms. The Hall–Kier alpha value is -3.36. The fraction of sp³-hybridized carbons (Fsp3) is 0.310. The molecular formula is C29H34ClN3O4S. The van der Waals surface area contributed by atoms with Gasteiger partial charge in [0.05, 0.1) is 10.6 Å². The van der Waals surface area contributed by atoms with Gasteiger partial charge in [-0.3, -0.25) is 13.9 Å². The van der Waals surface area contributed by atoms with E-state index >= 15 is 0 Å². The van der Waals surface area contributed by atoms with Crippen molar-refractivity contribution < 1.29 is 18.0 Å². The molecule has 0 saturated heterocycles. The summed E-state index contributed by atoms with van der Waals surface area (Å²) < 4.78 is 28.5. The van der Waals surface area contributed by atoms with Crippen molar-refractivity contribution >= 4 is 39.1 Å². The Morgan fingerprint density at radius 1 is 0.947 bits per heavy atom. The smallest absolute Gasteiger partial charge is 0.264 e. The van der Waals surface area contributed by atoms with Crippen molar-refractivity contribution in [2.45, 2.75) is 57.6 Å². The molecule has 0 saturated carbocycles. The second-order valence-electron chi connectivity index (χ2n) is 10.2. The molecule has 1 N–H and O–H groups in total. The third-order valence-corrected chi connectivity index (χ3v) is 7.87. The Balaban J connectivity index is 2.02. The van der Waals surface area contributed by atoms with Crippen LogP contribution >= 0.6 is 11.6 Å². The second kappa shape index (κ2) is 12.0. The van der Waals surface area contributed by atoms with Gasteiger partial charge < -0.3 is 10.2 Å². The van der Waals surface area contributed by atoms with Crippen LogP contribution in [-0.4, -0.2) is 43.3 Å². The average molecular weight is 556 g/mol. The standard InChI is InChI=1S/C29H34ClN3O4S/c1-21-10-9-11-23(18-21)19-32(22(2)28(35)31-29(3,4)5)27(34)20-33(25-16-14-24(30)15-17-25)38(36,37)26-12-7-6-8-13-26/h6-18,22H,19-20H2,1-5H3,(H,31,35)/t22-/m0/s1. The molecule has 3 aromatic rings. The maximum absolute atomic E-state index is 13.9. The largest absolute Gasteiger partial charge is 0.350 e. The number of rotatable bonds is 9. The van der Waals surface area contributed by atoms with Crippen LogP contribution in [0.1, 0.15) is 38.8 Å². The van der Waals surface area contributed by atoms with E-state index in [9.17, 15) is 18.0 Å². The molecule has 38 heavy (non-hydrogen) atoms. The Labute approximate surface area is 230 Å². The lowest BCUT2D eigenvalue weighted by Crippen LogP contribution is -2.54. The van der Waals surface area contributed by atoms with Crippen LogP contribution in [-0.2, 0) is 26.2 Å². The van der Waals surface area contributed by atoms with Crippen molar-refractivity contribution in [1.29, 1.82) is 0 Å². The lowest BCUT2D eigenvalue weighted by atomic mass is 10.1. The summed E-state index contributed by atoms with van der Waals surface area (Å²) >= 11 is 6.05. The molecule has 9 heteroatoms. The molecule has 0 bridgehead atoms. The van der Waals surface area contributed by atoms with Gasteiger partial charge in [-0.2, -0.15) is 0 Å². The molecule has 202 valence electrons. The number of nitrogens with zero attached hydrogens (tertiary/aromatic N) is 2. The predicted octanol–water partition coefficient (Wildman–Crippen LogP) is 5.18. The van der Waals surface area contributed by atoms with Gasteiger partial charge in [-0.15, -0.1) is 0 Å². The first-order chi connectivity index (χ1) is 17.8. The third-order valence-electron chi connectivity index (χ3n) is 5.83. The number of aryl methyl sites for hydroxylation is 1. The maximum atomic E-state index is 13.9. The zero-order chi connectivity index (χ0) is 28.1. The molecule has 0 aliphatic heterocycles. The van der Waals surface area contributed by atoms with Crippen LogP contribution in [0.25, 0.3) is 0 Å². The Morgan fingerprint density at radius 3 is 2.16 bits per heavy atom. The van der Waals surface area contributed by atoms with E-state index in [0.29, 0.717) is 5.02 Å². The Kier molecular flexibility index (Phi) is 9.22. The van der Waals surface area contributed by atoms with Gasteiger partial charge >= 0.3 is 0 Å². The number of anilines is 1. The van der Waals surface area contributed by atoms with Crippen LogP contribution in [0.4, 0.5) is 5.69 Å². The predicted molar refractivity (Wildman–Crippen MR) is 152 cm³/mol. The minimum atomic E-state index is -4.11. The fourth-order valence-corrected chi connectivity index (χ4v) is 5.48. The average Bonchev–Trinajstić information content (AvgIpc) is 2.85. The van der Waals surface area contributed by atoms with Crippen LogP contribution < -0.4 is 9.62 Å². The number of carbonyl (C=O) groups excluding carboxylic acids is 2. The molecular weight excluding hydrogens is 522 g/mol. The highest BCUT2D eigenvalue weighted by atomic mass is 35.5. The lowest BCUT2D eigenvalue weighted by molar-refractivity contribution is -0.140. The summed E-state index contributed by atoms with van der Waals surface area (Å²) in [6.45, 7) is 8.81. The molecule has 0 aliphatic carbocycles. The topological polar surface area (TPSA) is 86.8 Å². The highest BCUT2D eigenvalue weighted by Gasteiger charge is 2.33. The SMILES string of the molecule is Cc1cccc(CN(C(=O)CN(c2ccc(Cl)cc2)S(=O)(=O)c2ccccc2)[C@@H](C)C(=O)NC(C)(C)C)c1. The quantitative estimate of drug-likeness (QED) is 0.394. The number of benzene rings is 3. The van der Waals surface area contributed by atoms with Crippen molar-refractivity contribution in [3.8, 4) is 0 Å². The Bertz CT molecular complexity index is 1370. The number of hydrogen-bond donors (Lipinski definition) is 1. The van der Waals surface area contributed by atoms with E-state index in [1.54, 1.807) is 49.4 Å². The monoisotopic (exact) mass is 555 g/mol. The van der Waals surface area contributed by atoms with Gasteiger partial charge in [0.2, 0.25) is 11.8 Å². The van der Waals surface area contributed by atoms with Crippen molar-refractivity contribution in [2.24, 2.45) is 0 Å². The molecule has 3 aromatic carbocycles. The number of amides is 2. The van der Waals surface area contributed by atoms with E-state index < -0.39 is 34.1 Å². The third kappa shape index (κ3) is 7.58. The maximum Gasteiger partial charge on any atom is 0.264 e. The molecule has 7 nitrogen and oxygen atoms in total. The summed E-state index contributed by atoms with van der Waals surface area (Å²) in [5.41, 5.74) is 1.62. The normalized spacial score (nSPS) is 12.5. The molecule has 3 rings (SSSR count). The molecule has 0 aromatic heterocycles. The van der Waals surface area contributed by atoms with Gasteiger partial charge in [0.25, 0.3) is 10.0 Å². The van der Waals surface area contributed by atoms with Crippen LogP contribution in [0.5, 0.6) is 0 Å². The minimum Gasteiger partial charge on any atom is -0.350 e. The first kappa shape index (κ1) is 29.2. The number of carbonyl (C=O) groups is 2. The van der Waals surface area contributed by atoms with E-state index in [-0.39, 0.29) is 23.0 Å². The van der Waals surface area contributed by atoms with E-state index in [4.69, 9.17) is 11.6 Å². The van der Waals surface area contributed by atoms with Crippen molar-refractivity contribution in [3.63, 3.8) is 0 Å². The lowest BCUT2D eigenvalue weighted by Gasteiger charge is -2.33. The Morgan fingerprint density at radius 2 is 1.58 bits per heavy atom. The van der Waals surface area contributed by atoms with Gasteiger partial charge in [-0.25, -0.2) is 8.42 Å². The van der Waals surface area contributed by atoms with Crippen molar-refractivity contribution in [2.75, 3.05) is 10.8 Å². The van der Waals surface area contributed by atoms with Gasteiger partial charge in [0.1, 0.15) is 12.6 Å². The van der Waals surface area contributed by atoms with E-state index in [1.807, 2.05) is 52.0 Å². The van der Waals surface area contributed by atoms with Crippen LogP contribution in [0, 0.1) is 6.92 Å². The second-order valence-corrected chi connectivity index (χ2v) is 12.5. The molecule has 0 aliphatic rings. The van der Waals surface area contributed by atoms with Crippen LogP contribution in [0.3, 0.4) is 0 Å². The summed E-state index contributed by atoms with van der Waals surface area (Å²) in [6, 6.07) is 20.9. The van der Waals surface area contributed by atoms with Gasteiger partial charge in [-0.05, 0) is 76.6 Å². The zero-order valence-corrected chi connectivity index (χ0v) is 23.9. The van der Waals surface area contributed by atoms with E-state index in [0.717, 1.165) is 15.4 Å². The first-order valence-electron chi connectivity index (χ1n) is 12.3. The summed E-state index contributed by atoms with van der Waals surface area (Å²) in [6.07, 6.45) is 0. The summed E-state index contributed by atoms with van der Waals surface area (Å²) in [5, 5.41) is 3.36. The summed E-state index contributed by atoms with van der Waals surface area (Å²) in [4.78, 5) is 28.5. The van der Waals surface area contributed by atoms with E-state index in [2.05, 4.69) is 5.32 Å². The molecule has 0 heterocycles. The molecule has 0 unspecified atom stereocenters. The molecule has 2 amide bonds. The van der Waals surface area contributed by atoms with Crippen LogP contribution in [0.2, 0.25) is 5.02 Å². The van der Waals surface area contributed by atoms with Crippen LogP contribution in [0.15, 0.2) is 83.8 Å². The fourth-order valence-electron chi connectivity index (χ4n) is 3.92. The molecule has 0 radical (unpaired) electrons. The zero-order valence-electron chi connectivity index (χ0n) is 22.3. The number of sulfonamides is 1. The summed E-state index contributed by atoms with van der Waals surface area (Å²) in [7, 11) is -4.11. The number of hydrogen-bond acceptors (Lipinski definition) is 4. The van der Waals surface area contributed by atoms with Crippen molar-refractivity contribution in [3.05, 3.63) is 95.0 Å². The van der Waals surface area contributed by atoms with Gasteiger partial charge in [-0.1, -0.05) is 59.6 Å².